The van der Waals surface area contributed by atoms with Crippen LogP contribution in [0.25, 0.3) is 17.4 Å². The number of methoxy groups -OCH3 is 1. The molecule has 2 heterocycles. The largest absolute Gasteiger partial charge is 0.465 e. The third-order valence-corrected chi connectivity index (χ3v) is 5.76. The Balaban J connectivity index is 1.46. The highest BCUT2D eigenvalue weighted by molar-refractivity contribution is 6.15. The molecule has 184 valence electrons. The summed E-state index contributed by atoms with van der Waals surface area (Å²) in [5.41, 5.74) is 3.59. The number of benzene rings is 2. The van der Waals surface area contributed by atoms with E-state index in [9.17, 15) is 19.2 Å². The Kier molecular flexibility index (Phi) is 7.00. The molecule has 1 aliphatic rings. The molecule has 1 saturated heterocycles. The van der Waals surface area contributed by atoms with E-state index >= 15 is 0 Å². The van der Waals surface area contributed by atoms with E-state index < -0.39 is 30.4 Å². The van der Waals surface area contributed by atoms with Crippen LogP contribution in [-0.2, 0) is 20.7 Å². The monoisotopic (exact) mass is 487 g/mol. The van der Waals surface area contributed by atoms with Crippen molar-refractivity contribution in [3.05, 3.63) is 82.7 Å². The molecule has 1 aliphatic heterocycles. The Morgan fingerprint density at radius 1 is 1.11 bits per heavy atom. The van der Waals surface area contributed by atoms with E-state index in [1.807, 2.05) is 26.0 Å². The number of furan rings is 1. The van der Waals surface area contributed by atoms with Gasteiger partial charge in [0.25, 0.3) is 5.91 Å². The maximum Gasteiger partial charge on any atom is 0.337 e. The second-order valence-corrected chi connectivity index (χ2v) is 8.16. The number of rotatable bonds is 7. The number of carbonyl (C=O) groups excluding carboxylic acids is 4. The number of urea groups is 1. The fourth-order valence-electron chi connectivity index (χ4n) is 3.90. The van der Waals surface area contributed by atoms with Gasteiger partial charge >= 0.3 is 12.0 Å². The molecule has 4 rings (SSSR count). The van der Waals surface area contributed by atoms with Gasteiger partial charge in [0.15, 0.2) is 0 Å². The average molecular weight is 488 g/mol. The van der Waals surface area contributed by atoms with E-state index in [0.29, 0.717) is 22.8 Å². The molecule has 0 saturated carbocycles. The summed E-state index contributed by atoms with van der Waals surface area (Å²) in [6.45, 7) is 3.39. The van der Waals surface area contributed by atoms with Crippen LogP contribution in [0.2, 0.25) is 0 Å². The first-order chi connectivity index (χ1) is 17.3. The zero-order valence-corrected chi connectivity index (χ0v) is 20.1. The van der Waals surface area contributed by atoms with Crippen LogP contribution in [0.3, 0.4) is 0 Å². The molecule has 0 radical (unpaired) electrons. The molecule has 0 aliphatic carbocycles. The quantitative estimate of drug-likeness (QED) is 0.294. The normalized spacial score (nSPS) is 14.2. The van der Waals surface area contributed by atoms with Gasteiger partial charge in [0.1, 0.15) is 23.8 Å². The molecular weight excluding hydrogens is 462 g/mol. The lowest BCUT2D eigenvalue weighted by Crippen LogP contribution is -2.38. The predicted molar refractivity (Wildman–Crippen MR) is 133 cm³/mol. The molecule has 36 heavy (non-hydrogen) atoms. The lowest BCUT2D eigenvalue weighted by atomic mass is 10.0. The summed E-state index contributed by atoms with van der Waals surface area (Å²) in [5.74, 6) is -0.674. The fraction of sp³-hybridized carbons (Fsp3) is 0.185. The van der Waals surface area contributed by atoms with Crippen molar-refractivity contribution in [2.75, 3.05) is 19.0 Å². The van der Waals surface area contributed by atoms with Gasteiger partial charge in [-0.25, -0.2) is 14.5 Å². The van der Waals surface area contributed by atoms with Crippen molar-refractivity contribution >= 4 is 35.6 Å². The number of amides is 4. The third-order valence-electron chi connectivity index (χ3n) is 5.76. The van der Waals surface area contributed by atoms with Crippen LogP contribution in [0.1, 0.15) is 34.2 Å². The van der Waals surface area contributed by atoms with Crippen LogP contribution < -0.4 is 10.6 Å². The number of ether oxygens (including phenoxy) is 1. The molecule has 9 heteroatoms. The molecule has 2 aromatic carbocycles. The number of nitrogens with zero attached hydrogens (tertiary/aromatic N) is 1. The Labute approximate surface area is 207 Å². The van der Waals surface area contributed by atoms with Gasteiger partial charge in [-0.1, -0.05) is 31.2 Å². The second-order valence-electron chi connectivity index (χ2n) is 8.16. The highest BCUT2D eigenvalue weighted by Crippen LogP contribution is 2.28. The fourth-order valence-corrected chi connectivity index (χ4v) is 3.90. The average Bonchev–Trinajstić information content (AvgIpc) is 3.43. The van der Waals surface area contributed by atoms with Gasteiger partial charge in [0, 0.05) is 17.3 Å². The van der Waals surface area contributed by atoms with Gasteiger partial charge in [0.05, 0.1) is 12.7 Å². The van der Waals surface area contributed by atoms with Gasteiger partial charge in [-0.2, -0.15) is 0 Å². The molecule has 0 spiro atoms. The van der Waals surface area contributed by atoms with Crippen molar-refractivity contribution in [3.8, 4) is 11.3 Å². The maximum atomic E-state index is 12.8. The molecule has 4 amide bonds. The number of hydrogen-bond donors (Lipinski definition) is 2. The number of hydrogen-bond acceptors (Lipinski definition) is 6. The molecular formula is C27H25N3O6. The van der Waals surface area contributed by atoms with E-state index in [-0.39, 0.29) is 5.70 Å². The molecule has 0 unspecified atom stereocenters. The standard InChI is InChI=1S/C27H25N3O6/c1-4-17-7-5-6-8-21(17)28-24(31)15-30-25(32)22(29-27(30)34)14-19-10-12-23(36-19)20-11-9-18(13-16(20)2)26(33)35-3/h5-14H,4,15H2,1-3H3,(H,28,31)(H,29,34)/b22-14+. The zero-order valence-electron chi connectivity index (χ0n) is 20.1. The van der Waals surface area contributed by atoms with Crippen molar-refractivity contribution in [3.63, 3.8) is 0 Å². The summed E-state index contributed by atoms with van der Waals surface area (Å²) in [5, 5.41) is 5.24. The van der Waals surface area contributed by atoms with Crippen LogP contribution in [0.5, 0.6) is 0 Å². The summed E-state index contributed by atoms with van der Waals surface area (Å²) in [6.07, 6.45) is 2.14. The molecule has 1 aromatic heterocycles. The number of anilines is 1. The molecule has 3 aromatic rings. The summed E-state index contributed by atoms with van der Waals surface area (Å²) >= 11 is 0. The van der Waals surface area contributed by atoms with Gasteiger partial charge in [0.2, 0.25) is 5.91 Å². The van der Waals surface area contributed by atoms with E-state index in [4.69, 9.17) is 9.15 Å². The lowest BCUT2D eigenvalue weighted by Gasteiger charge is -2.13. The van der Waals surface area contributed by atoms with Gasteiger partial charge in [-0.3, -0.25) is 9.59 Å². The Hall–Kier alpha value is -4.66. The van der Waals surface area contributed by atoms with Crippen molar-refractivity contribution in [2.45, 2.75) is 20.3 Å². The number of aryl methyl sites for hydroxylation is 2. The summed E-state index contributed by atoms with van der Waals surface area (Å²) < 4.78 is 10.6. The first-order valence-corrected chi connectivity index (χ1v) is 11.3. The van der Waals surface area contributed by atoms with Gasteiger partial charge < -0.3 is 19.8 Å². The zero-order chi connectivity index (χ0) is 25.8. The smallest absolute Gasteiger partial charge is 0.337 e. The second kappa shape index (κ2) is 10.3. The van der Waals surface area contributed by atoms with Crippen LogP contribution in [0.15, 0.2) is 64.7 Å². The van der Waals surface area contributed by atoms with E-state index in [1.54, 1.807) is 42.5 Å². The molecule has 0 bridgehead atoms. The van der Waals surface area contributed by atoms with Gasteiger partial charge in [-0.15, -0.1) is 0 Å². The van der Waals surface area contributed by atoms with E-state index in [2.05, 4.69) is 10.6 Å². The Morgan fingerprint density at radius 3 is 2.61 bits per heavy atom. The molecule has 1 fully saturated rings. The van der Waals surface area contributed by atoms with Crippen molar-refractivity contribution in [2.24, 2.45) is 0 Å². The maximum absolute atomic E-state index is 12.8. The topological polar surface area (TPSA) is 118 Å². The Bertz CT molecular complexity index is 1390. The highest BCUT2D eigenvalue weighted by Gasteiger charge is 2.35. The third kappa shape index (κ3) is 5.05. The SMILES string of the molecule is CCc1ccccc1NC(=O)CN1C(=O)N/C(=C/c2ccc(-c3ccc(C(=O)OC)cc3C)o2)C1=O. The minimum Gasteiger partial charge on any atom is -0.465 e. The van der Waals surface area contributed by atoms with E-state index in [1.165, 1.54) is 13.2 Å². The molecule has 0 atom stereocenters. The number of para-hydroxylation sites is 1. The summed E-state index contributed by atoms with van der Waals surface area (Å²) in [4.78, 5) is 50.3. The summed E-state index contributed by atoms with van der Waals surface area (Å²) in [6, 6.07) is 15.1. The van der Waals surface area contributed by atoms with E-state index in [0.717, 1.165) is 28.0 Å². The van der Waals surface area contributed by atoms with Crippen LogP contribution >= 0.6 is 0 Å². The van der Waals surface area contributed by atoms with Gasteiger partial charge in [-0.05, 0) is 54.8 Å². The molecule has 9 nitrogen and oxygen atoms in total. The number of imide groups is 1. The first kappa shape index (κ1) is 24.5. The highest BCUT2D eigenvalue weighted by atomic mass is 16.5. The number of carbonyl (C=O) groups is 4. The number of esters is 1. The Morgan fingerprint density at radius 2 is 1.89 bits per heavy atom. The molecule has 2 N–H and O–H groups in total. The number of nitrogens with one attached hydrogen (secondary N) is 2. The first-order valence-electron chi connectivity index (χ1n) is 11.3. The van der Waals surface area contributed by atoms with Crippen LogP contribution in [0, 0.1) is 6.92 Å². The predicted octanol–water partition coefficient (Wildman–Crippen LogP) is 4.14. The van der Waals surface area contributed by atoms with Crippen molar-refractivity contribution in [1.29, 1.82) is 0 Å². The van der Waals surface area contributed by atoms with Crippen molar-refractivity contribution in [1.82, 2.24) is 10.2 Å². The van der Waals surface area contributed by atoms with Crippen LogP contribution in [0.4, 0.5) is 10.5 Å². The summed E-state index contributed by atoms with van der Waals surface area (Å²) in [7, 11) is 1.32. The lowest BCUT2D eigenvalue weighted by molar-refractivity contribution is -0.127. The minimum absolute atomic E-state index is 0.000388. The van der Waals surface area contributed by atoms with Crippen molar-refractivity contribution < 1.29 is 28.3 Å². The minimum atomic E-state index is -0.689. The van der Waals surface area contributed by atoms with Crippen LogP contribution in [-0.4, -0.2) is 42.4 Å².